The Morgan fingerprint density at radius 2 is 1.85 bits per heavy atom. The maximum absolute atomic E-state index is 12.1. The number of benzene rings is 2. The number of hydrogen-bond acceptors (Lipinski definition) is 5. The third-order valence-electron chi connectivity index (χ3n) is 5.34. The molecule has 0 radical (unpaired) electrons. The van der Waals surface area contributed by atoms with Crippen LogP contribution < -0.4 is 15.8 Å². The number of sulfonamides is 1. The van der Waals surface area contributed by atoms with Crippen LogP contribution in [0.3, 0.4) is 0 Å². The second-order valence-electron chi connectivity index (χ2n) is 7.74. The quantitative estimate of drug-likeness (QED) is 0.478. The average Bonchev–Trinajstić information content (AvgIpc) is 3.17. The summed E-state index contributed by atoms with van der Waals surface area (Å²) in [5, 5.41) is 7.02. The Hall–Kier alpha value is -3.92. The number of carbonyl (C=O) groups excluding carboxylic acids is 2. The van der Waals surface area contributed by atoms with Crippen LogP contribution in [0.5, 0.6) is 0 Å². The van der Waals surface area contributed by atoms with E-state index in [1.807, 2.05) is 30.3 Å². The van der Waals surface area contributed by atoms with Crippen LogP contribution in [0.4, 0.5) is 5.69 Å². The number of rotatable bonds is 6. The minimum atomic E-state index is -3.45. The largest absolute Gasteiger partial charge is 0.364 e. The summed E-state index contributed by atoms with van der Waals surface area (Å²) >= 11 is 0. The van der Waals surface area contributed by atoms with E-state index in [0.29, 0.717) is 29.9 Å². The number of nitrogens with two attached hydrogens (primary N) is 1. The molecule has 2 aromatic carbocycles. The van der Waals surface area contributed by atoms with Crippen molar-refractivity contribution in [1.29, 1.82) is 0 Å². The minimum absolute atomic E-state index is 0.195. The first kappa shape index (κ1) is 22.3. The van der Waals surface area contributed by atoms with Gasteiger partial charge >= 0.3 is 0 Å². The normalized spacial score (nSPS) is 12.8. The van der Waals surface area contributed by atoms with Crippen molar-refractivity contribution in [1.82, 2.24) is 15.1 Å². The summed E-state index contributed by atoms with van der Waals surface area (Å²) in [4.78, 5) is 23.6. The summed E-state index contributed by atoms with van der Waals surface area (Å²) in [5.41, 5.74) is 11.0. The molecule has 0 unspecified atom stereocenters. The fourth-order valence-corrected chi connectivity index (χ4v) is 4.44. The molecule has 1 heterocycles. The van der Waals surface area contributed by atoms with E-state index in [2.05, 4.69) is 15.1 Å². The molecule has 10 heteroatoms. The summed E-state index contributed by atoms with van der Waals surface area (Å²) in [6.07, 6.45) is 5.48. The van der Waals surface area contributed by atoms with Gasteiger partial charge in [0.25, 0.3) is 5.91 Å². The Morgan fingerprint density at radius 3 is 2.48 bits per heavy atom. The monoisotopic (exact) mass is 465 g/mol. The van der Waals surface area contributed by atoms with Gasteiger partial charge in [-0.25, -0.2) is 13.1 Å². The number of aromatic nitrogens is 2. The number of nitrogens with zero attached hydrogens (tertiary/aromatic N) is 2. The van der Waals surface area contributed by atoms with Crippen molar-refractivity contribution >= 4 is 33.6 Å². The molecule has 9 nitrogen and oxygen atoms in total. The second-order valence-corrected chi connectivity index (χ2v) is 9.49. The number of amides is 2. The lowest BCUT2D eigenvalue weighted by molar-refractivity contribution is -0.115. The zero-order chi connectivity index (χ0) is 23.8. The van der Waals surface area contributed by atoms with Crippen LogP contribution in [0.25, 0.3) is 23.0 Å². The van der Waals surface area contributed by atoms with E-state index < -0.39 is 15.9 Å². The van der Waals surface area contributed by atoms with Gasteiger partial charge in [0.1, 0.15) is 0 Å². The van der Waals surface area contributed by atoms with E-state index in [4.69, 9.17) is 5.73 Å². The number of primary amides is 1. The highest BCUT2D eigenvalue weighted by Gasteiger charge is 2.28. The Bertz CT molecular complexity index is 1390. The number of hydrogen-bond donors (Lipinski definition) is 3. The summed E-state index contributed by atoms with van der Waals surface area (Å²) in [6, 6.07) is 12.7. The van der Waals surface area contributed by atoms with Crippen molar-refractivity contribution in [2.45, 2.75) is 12.8 Å². The molecule has 33 heavy (non-hydrogen) atoms. The van der Waals surface area contributed by atoms with Gasteiger partial charge in [-0.1, -0.05) is 18.2 Å². The van der Waals surface area contributed by atoms with Crippen LogP contribution in [0.15, 0.2) is 48.5 Å². The summed E-state index contributed by atoms with van der Waals surface area (Å²) in [5.74, 6) is -0.828. The number of nitrogens with one attached hydrogen (secondary N) is 2. The fourth-order valence-electron chi connectivity index (χ4n) is 3.88. The van der Waals surface area contributed by atoms with E-state index in [0.717, 1.165) is 28.5 Å². The van der Waals surface area contributed by atoms with Gasteiger partial charge in [0, 0.05) is 29.9 Å². The Morgan fingerprint density at radius 1 is 1.12 bits per heavy atom. The van der Waals surface area contributed by atoms with Crippen molar-refractivity contribution in [2.75, 3.05) is 18.0 Å². The first-order valence-electron chi connectivity index (χ1n) is 10.2. The van der Waals surface area contributed by atoms with Gasteiger partial charge in [0.05, 0.1) is 17.6 Å². The Kier molecular flexibility index (Phi) is 5.77. The highest BCUT2D eigenvalue weighted by atomic mass is 32.2. The molecule has 0 aliphatic heterocycles. The number of aryl methyl sites for hydroxylation is 1. The Labute approximate surface area is 191 Å². The van der Waals surface area contributed by atoms with Crippen molar-refractivity contribution < 1.29 is 18.0 Å². The molecular formula is C23H23N5O4S. The molecule has 4 N–H and O–H groups in total. The average molecular weight is 466 g/mol. The molecule has 1 aliphatic carbocycles. The van der Waals surface area contributed by atoms with Gasteiger partial charge in [0.15, 0.2) is 5.69 Å². The summed E-state index contributed by atoms with van der Waals surface area (Å²) in [6.45, 7) is 0. The first-order chi connectivity index (χ1) is 15.7. The van der Waals surface area contributed by atoms with Crippen LogP contribution in [0.1, 0.15) is 27.2 Å². The van der Waals surface area contributed by atoms with Gasteiger partial charge in [0.2, 0.25) is 15.9 Å². The van der Waals surface area contributed by atoms with Crippen molar-refractivity contribution in [3.05, 3.63) is 70.9 Å². The van der Waals surface area contributed by atoms with Crippen LogP contribution in [-0.2, 0) is 27.7 Å². The minimum Gasteiger partial charge on any atom is -0.364 e. The zero-order valence-corrected chi connectivity index (χ0v) is 18.9. The number of carbonyl (C=O) groups is 2. The van der Waals surface area contributed by atoms with Gasteiger partial charge in [-0.15, -0.1) is 0 Å². The second kappa shape index (κ2) is 8.55. The number of fused-ring (bicyclic) bond motifs is 3. The van der Waals surface area contributed by atoms with Crippen LogP contribution in [0, 0.1) is 0 Å². The molecule has 0 bridgehead atoms. The van der Waals surface area contributed by atoms with Gasteiger partial charge in [-0.3, -0.25) is 14.3 Å². The van der Waals surface area contributed by atoms with Gasteiger partial charge in [-0.05, 0) is 54.3 Å². The molecule has 4 rings (SSSR count). The standard InChI is InChI=1S/C23H23N5O4S/c1-25-20(29)12-5-14-3-9-17(10-4-14)28-22-18(21(26-28)23(24)30)11-7-15-6-8-16(13-19(15)22)27-33(2,31)32/h3-6,8-10,12-13,27H,7,11H2,1-2H3,(H2,24,30)(H,25,29)/b12-5+. The number of likely N-dealkylation sites (N-methyl/N-ethyl adjacent to an activating group) is 1. The molecule has 0 atom stereocenters. The summed E-state index contributed by atoms with van der Waals surface area (Å²) in [7, 11) is -1.89. The predicted molar refractivity (Wildman–Crippen MR) is 126 cm³/mol. The predicted octanol–water partition coefficient (Wildman–Crippen LogP) is 1.87. The molecule has 0 fully saturated rings. The molecule has 1 aromatic heterocycles. The van der Waals surface area contributed by atoms with E-state index >= 15 is 0 Å². The lowest BCUT2D eigenvalue weighted by Gasteiger charge is -2.20. The van der Waals surface area contributed by atoms with E-state index in [-0.39, 0.29) is 11.6 Å². The fraction of sp³-hybridized carbons (Fsp3) is 0.174. The molecular weight excluding hydrogens is 442 g/mol. The third-order valence-corrected chi connectivity index (χ3v) is 5.95. The topological polar surface area (TPSA) is 136 Å². The smallest absolute Gasteiger partial charge is 0.269 e. The first-order valence-corrected chi connectivity index (χ1v) is 12.1. The Balaban J connectivity index is 1.83. The molecule has 0 saturated heterocycles. The van der Waals surface area contributed by atoms with Crippen LogP contribution in [-0.4, -0.2) is 43.3 Å². The molecule has 170 valence electrons. The molecule has 0 spiro atoms. The van der Waals surface area contributed by atoms with Crippen LogP contribution in [0.2, 0.25) is 0 Å². The lowest BCUT2D eigenvalue weighted by atomic mass is 9.88. The maximum Gasteiger partial charge on any atom is 0.269 e. The van der Waals surface area contributed by atoms with Crippen molar-refractivity contribution in [3.8, 4) is 16.9 Å². The molecule has 1 aliphatic rings. The highest BCUT2D eigenvalue weighted by Crippen LogP contribution is 2.38. The SMILES string of the molecule is CNC(=O)/C=C/c1ccc(-n2nc(C(N)=O)c3c2-c2cc(NS(C)(=O)=O)ccc2CC3)cc1. The lowest BCUT2D eigenvalue weighted by Crippen LogP contribution is -2.15. The van der Waals surface area contributed by atoms with Crippen molar-refractivity contribution in [3.63, 3.8) is 0 Å². The zero-order valence-electron chi connectivity index (χ0n) is 18.1. The molecule has 0 saturated carbocycles. The third kappa shape index (κ3) is 4.65. The summed E-state index contributed by atoms with van der Waals surface area (Å²) < 4.78 is 27.6. The maximum atomic E-state index is 12.1. The van der Waals surface area contributed by atoms with E-state index in [1.54, 1.807) is 29.9 Å². The van der Waals surface area contributed by atoms with Gasteiger partial charge in [-0.2, -0.15) is 5.10 Å². The molecule has 3 aromatic rings. The van der Waals surface area contributed by atoms with Crippen molar-refractivity contribution in [2.24, 2.45) is 5.73 Å². The van der Waals surface area contributed by atoms with E-state index in [9.17, 15) is 18.0 Å². The highest BCUT2D eigenvalue weighted by molar-refractivity contribution is 7.92. The van der Waals surface area contributed by atoms with Crippen LogP contribution >= 0.6 is 0 Å². The van der Waals surface area contributed by atoms with Gasteiger partial charge < -0.3 is 11.1 Å². The van der Waals surface area contributed by atoms with E-state index in [1.165, 1.54) is 6.08 Å². The molecule has 2 amide bonds. The number of anilines is 1.